The highest BCUT2D eigenvalue weighted by Gasteiger charge is 2.16. The minimum Gasteiger partial charge on any atom is -0.492 e. The zero-order valence-corrected chi connectivity index (χ0v) is 13.4. The number of alkyl halides is 1. The predicted octanol–water partition coefficient (Wildman–Crippen LogP) is 3.24. The van der Waals surface area contributed by atoms with E-state index in [9.17, 15) is 8.42 Å². The first-order valence-corrected chi connectivity index (χ1v) is 8.53. The topological polar surface area (TPSA) is 43.4 Å². The Morgan fingerprint density at radius 3 is 2.16 bits per heavy atom. The van der Waals surface area contributed by atoms with Crippen molar-refractivity contribution in [3.63, 3.8) is 0 Å². The van der Waals surface area contributed by atoms with Gasteiger partial charge in [-0.25, -0.2) is 8.42 Å². The van der Waals surface area contributed by atoms with Crippen LogP contribution in [-0.2, 0) is 15.7 Å². The van der Waals surface area contributed by atoms with Crippen LogP contribution in [0.4, 0.5) is 0 Å². The number of rotatable bonds is 6. The zero-order valence-electron chi connectivity index (χ0n) is 11.9. The van der Waals surface area contributed by atoms with E-state index >= 15 is 0 Å². The monoisotopic (exact) mass is 304 g/mol. The Labute approximate surface area is 120 Å². The first-order chi connectivity index (χ1) is 8.77. The van der Waals surface area contributed by atoms with Gasteiger partial charge < -0.3 is 4.74 Å². The predicted molar refractivity (Wildman–Crippen MR) is 79.9 cm³/mol. The lowest BCUT2D eigenvalue weighted by Gasteiger charge is -2.14. The molecular formula is C14H21ClO3S. The SMILES string of the molecule is Cc1cc(CCl)cc(C)c1OCCS(=O)(=O)C(C)C. The third kappa shape index (κ3) is 4.39. The second-order valence-electron chi connectivity index (χ2n) is 4.96. The summed E-state index contributed by atoms with van der Waals surface area (Å²) in [6.45, 7) is 7.43. The summed E-state index contributed by atoms with van der Waals surface area (Å²) < 4.78 is 29.0. The van der Waals surface area contributed by atoms with Gasteiger partial charge in [0.05, 0.1) is 11.0 Å². The maximum atomic E-state index is 11.7. The molecule has 0 radical (unpaired) electrons. The Bertz CT molecular complexity index is 513. The number of aryl methyl sites for hydroxylation is 2. The van der Waals surface area contributed by atoms with Crippen LogP contribution in [0.15, 0.2) is 12.1 Å². The van der Waals surface area contributed by atoms with Gasteiger partial charge in [-0.05, 0) is 44.4 Å². The van der Waals surface area contributed by atoms with Crippen LogP contribution in [0.5, 0.6) is 5.75 Å². The van der Waals surface area contributed by atoms with Crippen molar-refractivity contribution < 1.29 is 13.2 Å². The van der Waals surface area contributed by atoms with Gasteiger partial charge in [-0.3, -0.25) is 0 Å². The van der Waals surface area contributed by atoms with E-state index in [0.717, 1.165) is 22.4 Å². The van der Waals surface area contributed by atoms with Crippen molar-refractivity contribution in [2.24, 2.45) is 0 Å². The van der Waals surface area contributed by atoms with Crippen LogP contribution in [0.25, 0.3) is 0 Å². The van der Waals surface area contributed by atoms with Gasteiger partial charge in [-0.1, -0.05) is 12.1 Å². The molecule has 0 saturated carbocycles. The Balaban J connectivity index is 2.74. The summed E-state index contributed by atoms with van der Waals surface area (Å²) in [6.07, 6.45) is 0. The molecule has 19 heavy (non-hydrogen) atoms. The number of sulfone groups is 1. The van der Waals surface area contributed by atoms with E-state index in [-0.39, 0.29) is 17.6 Å². The highest BCUT2D eigenvalue weighted by Crippen LogP contribution is 2.25. The van der Waals surface area contributed by atoms with Crippen molar-refractivity contribution in [3.8, 4) is 5.75 Å². The molecule has 3 nitrogen and oxygen atoms in total. The smallest absolute Gasteiger partial charge is 0.155 e. The van der Waals surface area contributed by atoms with E-state index in [1.54, 1.807) is 13.8 Å². The van der Waals surface area contributed by atoms with Crippen molar-refractivity contribution in [2.75, 3.05) is 12.4 Å². The minimum absolute atomic E-state index is 0.0425. The zero-order chi connectivity index (χ0) is 14.6. The lowest BCUT2D eigenvalue weighted by Crippen LogP contribution is -2.22. The molecule has 0 aliphatic heterocycles. The van der Waals surface area contributed by atoms with E-state index in [0.29, 0.717) is 5.88 Å². The van der Waals surface area contributed by atoms with Crippen LogP contribution in [0.1, 0.15) is 30.5 Å². The van der Waals surface area contributed by atoms with Crippen molar-refractivity contribution in [1.29, 1.82) is 0 Å². The normalized spacial score (nSPS) is 11.9. The maximum Gasteiger partial charge on any atom is 0.155 e. The molecule has 0 saturated heterocycles. The highest BCUT2D eigenvalue weighted by atomic mass is 35.5. The molecule has 1 rings (SSSR count). The number of ether oxygens (including phenoxy) is 1. The first kappa shape index (κ1) is 16.3. The third-order valence-electron chi connectivity index (χ3n) is 3.01. The molecule has 0 heterocycles. The molecule has 0 amide bonds. The number of halogens is 1. The summed E-state index contributed by atoms with van der Waals surface area (Å²) in [5.74, 6) is 1.26. The standard InChI is InChI=1S/C14H21ClO3S/c1-10(2)19(16,17)6-5-18-14-11(3)7-13(9-15)8-12(14)4/h7-8,10H,5-6,9H2,1-4H3. The molecule has 0 N–H and O–H groups in total. The molecule has 0 spiro atoms. The fourth-order valence-corrected chi connectivity index (χ4v) is 2.78. The molecule has 0 unspecified atom stereocenters. The van der Waals surface area contributed by atoms with E-state index in [1.165, 1.54) is 0 Å². The van der Waals surface area contributed by atoms with Gasteiger partial charge in [-0.2, -0.15) is 0 Å². The van der Waals surface area contributed by atoms with Crippen LogP contribution < -0.4 is 4.74 Å². The number of hydrogen-bond acceptors (Lipinski definition) is 3. The summed E-state index contributed by atoms with van der Waals surface area (Å²) in [5.41, 5.74) is 3.01. The molecule has 1 aromatic rings. The van der Waals surface area contributed by atoms with E-state index in [2.05, 4.69) is 0 Å². The fraction of sp³-hybridized carbons (Fsp3) is 0.571. The maximum absolute atomic E-state index is 11.7. The van der Waals surface area contributed by atoms with Gasteiger partial charge in [0.15, 0.2) is 9.84 Å². The van der Waals surface area contributed by atoms with Gasteiger partial charge in [0, 0.05) is 5.88 Å². The van der Waals surface area contributed by atoms with E-state index in [4.69, 9.17) is 16.3 Å². The van der Waals surface area contributed by atoms with E-state index < -0.39 is 9.84 Å². The van der Waals surface area contributed by atoms with Crippen molar-refractivity contribution in [2.45, 2.75) is 38.8 Å². The highest BCUT2D eigenvalue weighted by molar-refractivity contribution is 7.91. The van der Waals surface area contributed by atoms with Gasteiger partial charge in [0.1, 0.15) is 12.4 Å². The average Bonchev–Trinajstić information content (AvgIpc) is 2.32. The lowest BCUT2D eigenvalue weighted by molar-refractivity contribution is 0.335. The second kappa shape index (κ2) is 6.62. The van der Waals surface area contributed by atoms with Gasteiger partial charge >= 0.3 is 0 Å². The Kier molecular flexibility index (Phi) is 5.68. The molecule has 0 aliphatic rings. The molecule has 0 aliphatic carbocycles. The van der Waals surface area contributed by atoms with Crippen LogP contribution in [0, 0.1) is 13.8 Å². The molecule has 0 aromatic heterocycles. The number of benzene rings is 1. The van der Waals surface area contributed by atoms with Crippen molar-refractivity contribution in [3.05, 3.63) is 28.8 Å². The van der Waals surface area contributed by atoms with Crippen LogP contribution in [-0.4, -0.2) is 26.0 Å². The summed E-state index contributed by atoms with van der Waals surface area (Å²) in [5, 5.41) is -0.364. The largest absolute Gasteiger partial charge is 0.492 e. The van der Waals surface area contributed by atoms with Gasteiger partial charge in [-0.15, -0.1) is 11.6 Å². The minimum atomic E-state index is -3.05. The van der Waals surface area contributed by atoms with Gasteiger partial charge in [0.25, 0.3) is 0 Å². The molecular weight excluding hydrogens is 284 g/mol. The average molecular weight is 305 g/mol. The van der Waals surface area contributed by atoms with Gasteiger partial charge in [0.2, 0.25) is 0 Å². The van der Waals surface area contributed by atoms with Crippen molar-refractivity contribution in [1.82, 2.24) is 0 Å². The molecule has 5 heteroatoms. The van der Waals surface area contributed by atoms with Crippen LogP contribution in [0.3, 0.4) is 0 Å². The summed E-state index contributed by atoms with van der Waals surface area (Å²) in [7, 11) is -3.05. The third-order valence-corrected chi connectivity index (χ3v) is 5.49. The fourth-order valence-electron chi connectivity index (χ4n) is 1.84. The molecule has 1 aromatic carbocycles. The Morgan fingerprint density at radius 2 is 1.74 bits per heavy atom. The molecule has 0 fully saturated rings. The molecule has 0 atom stereocenters. The van der Waals surface area contributed by atoms with Crippen molar-refractivity contribution >= 4 is 21.4 Å². The van der Waals surface area contributed by atoms with E-state index in [1.807, 2.05) is 26.0 Å². The summed E-state index contributed by atoms with van der Waals surface area (Å²) in [6, 6.07) is 3.93. The van der Waals surface area contributed by atoms with Crippen LogP contribution >= 0.6 is 11.6 Å². The Hall–Kier alpha value is -0.740. The molecule has 108 valence electrons. The van der Waals surface area contributed by atoms with Crippen LogP contribution in [0.2, 0.25) is 0 Å². The summed E-state index contributed by atoms with van der Waals surface area (Å²) in [4.78, 5) is 0. The number of hydrogen-bond donors (Lipinski definition) is 0. The molecule has 0 bridgehead atoms. The first-order valence-electron chi connectivity index (χ1n) is 6.28. The lowest BCUT2D eigenvalue weighted by atomic mass is 10.1. The Morgan fingerprint density at radius 1 is 1.21 bits per heavy atom. The quantitative estimate of drug-likeness (QED) is 0.758. The second-order valence-corrected chi connectivity index (χ2v) is 7.90. The summed E-state index contributed by atoms with van der Waals surface area (Å²) >= 11 is 5.80.